The van der Waals surface area contributed by atoms with E-state index in [4.69, 9.17) is 0 Å². The summed E-state index contributed by atoms with van der Waals surface area (Å²) in [6, 6.07) is 11.4. The number of Topliss-reactive ketones (excluding diaryl/α,β-unsaturated/α-hetero) is 1. The van der Waals surface area contributed by atoms with Crippen LogP contribution in [0.25, 0.3) is 0 Å². The Morgan fingerprint density at radius 2 is 1.94 bits per heavy atom. The summed E-state index contributed by atoms with van der Waals surface area (Å²) in [6.07, 6.45) is 3.48. The molecule has 5 rings (SSSR count). The van der Waals surface area contributed by atoms with Crippen molar-refractivity contribution in [2.24, 2.45) is 17.8 Å². The van der Waals surface area contributed by atoms with Gasteiger partial charge in [0.15, 0.2) is 0 Å². The van der Waals surface area contributed by atoms with Crippen LogP contribution in [0.4, 0.5) is 0 Å². The molecule has 0 aromatic heterocycles. The Kier molecular flexibility index (Phi) is 1.98. The third-order valence-electron chi connectivity index (χ3n) is 5.01. The Labute approximate surface area is 101 Å². The van der Waals surface area contributed by atoms with Crippen LogP contribution >= 0.6 is 0 Å². The first-order valence-electron chi connectivity index (χ1n) is 6.69. The molecule has 1 heterocycles. The van der Waals surface area contributed by atoms with E-state index < -0.39 is 0 Å². The second-order valence-corrected chi connectivity index (χ2v) is 5.76. The standard InChI is InChI=1S/C15H17NO/c17-15-10-6-7-11-12(8-10)16-14(13(11)15)9-4-2-1-3-5-9/h1-5,10-14,16H,6-8H2/t10-,11+,12+,13+,14-/m1/s1. The summed E-state index contributed by atoms with van der Waals surface area (Å²) in [4.78, 5) is 12.4. The van der Waals surface area contributed by atoms with Gasteiger partial charge in [0.25, 0.3) is 0 Å². The van der Waals surface area contributed by atoms with Crippen LogP contribution < -0.4 is 5.32 Å². The molecular formula is C15H17NO. The highest BCUT2D eigenvalue weighted by molar-refractivity contribution is 5.87. The predicted octanol–water partition coefficient (Wildman–Crippen LogP) is 2.31. The molecule has 5 atom stereocenters. The summed E-state index contributed by atoms with van der Waals surface area (Å²) in [5.74, 6) is 1.76. The number of rotatable bonds is 1. The number of hydrogen-bond acceptors (Lipinski definition) is 2. The van der Waals surface area contributed by atoms with E-state index >= 15 is 0 Å². The van der Waals surface area contributed by atoms with Crippen molar-refractivity contribution in [3.05, 3.63) is 35.9 Å². The zero-order valence-corrected chi connectivity index (χ0v) is 9.80. The van der Waals surface area contributed by atoms with Gasteiger partial charge in [-0.1, -0.05) is 30.3 Å². The summed E-state index contributed by atoms with van der Waals surface area (Å²) in [5, 5.41) is 3.71. The molecule has 0 amide bonds. The van der Waals surface area contributed by atoms with Gasteiger partial charge in [0.05, 0.1) is 0 Å². The monoisotopic (exact) mass is 227 g/mol. The van der Waals surface area contributed by atoms with Crippen molar-refractivity contribution in [1.82, 2.24) is 5.32 Å². The van der Waals surface area contributed by atoms with E-state index in [9.17, 15) is 4.79 Å². The molecule has 88 valence electrons. The van der Waals surface area contributed by atoms with Crippen molar-refractivity contribution in [2.45, 2.75) is 31.3 Å². The SMILES string of the molecule is O=C1[C@@H]2CC[C@@H]3[C@H]1[C@@H](c1ccccc1)N[C@H]3C2. The van der Waals surface area contributed by atoms with Crippen LogP contribution in [0.2, 0.25) is 0 Å². The number of benzene rings is 1. The fourth-order valence-electron chi connectivity index (χ4n) is 4.27. The highest BCUT2D eigenvalue weighted by Crippen LogP contribution is 2.52. The number of fused-ring (bicyclic) bond motifs is 1. The van der Waals surface area contributed by atoms with Gasteiger partial charge < -0.3 is 5.32 Å². The number of hydrogen-bond donors (Lipinski definition) is 1. The zero-order chi connectivity index (χ0) is 11.4. The maximum Gasteiger partial charge on any atom is 0.141 e. The second kappa shape index (κ2) is 3.42. The molecule has 2 heteroatoms. The molecule has 1 aromatic carbocycles. The lowest BCUT2D eigenvalue weighted by molar-refractivity contribution is -0.134. The molecular weight excluding hydrogens is 210 g/mol. The molecule has 0 spiro atoms. The van der Waals surface area contributed by atoms with Crippen LogP contribution in [0.3, 0.4) is 0 Å². The first kappa shape index (κ1) is 9.84. The topological polar surface area (TPSA) is 29.1 Å². The molecule has 2 nitrogen and oxygen atoms in total. The fourth-order valence-corrected chi connectivity index (χ4v) is 4.27. The van der Waals surface area contributed by atoms with Gasteiger partial charge in [-0.3, -0.25) is 4.79 Å². The van der Waals surface area contributed by atoms with Crippen LogP contribution in [0.1, 0.15) is 30.9 Å². The number of carbonyl (C=O) groups excluding carboxylic acids is 1. The minimum atomic E-state index is 0.259. The maximum absolute atomic E-state index is 12.4. The fraction of sp³-hybridized carbons (Fsp3) is 0.533. The van der Waals surface area contributed by atoms with E-state index in [1.54, 1.807) is 0 Å². The molecule has 4 aliphatic rings. The van der Waals surface area contributed by atoms with Crippen molar-refractivity contribution < 1.29 is 4.79 Å². The van der Waals surface area contributed by atoms with Crippen molar-refractivity contribution in [3.8, 4) is 0 Å². The largest absolute Gasteiger partial charge is 0.306 e. The van der Waals surface area contributed by atoms with E-state index in [1.165, 1.54) is 12.0 Å². The third kappa shape index (κ3) is 1.28. The Morgan fingerprint density at radius 1 is 1.12 bits per heavy atom. The molecule has 0 unspecified atom stereocenters. The Hall–Kier alpha value is -1.15. The van der Waals surface area contributed by atoms with Crippen LogP contribution in [-0.2, 0) is 4.79 Å². The van der Waals surface area contributed by atoms with Crippen LogP contribution in [0.15, 0.2) is 30.3 Å². The Bertz CT molecular complexity index is 455. The maximum atomic E-state index is 12.4. The number of carbonyl (C=O) groups is 1. The van der Waals surface area contributed by atoms with Crippen molar-refractivity contribution in [2.75, 3.05) is 0 Å². The molecule has 1 aliphatic heterocycles. The molecule has 17 heavy (non-hydrogen) atoms. The van der Waals surface area contributed by atoms with Crippen LogP contribution in [-0.4, -0.2) is 11.8 Å². The van der Waals surface area contributed by atoms with Gasteiger partial charge in [0, 0.05) is 23.9 Å². The lowest BCUT2D eigenvalue weighted by Gasteiger charge is -2.40. The van der Waals surface area contributed by atoms with Crippen LogP contribution in [0.5, 0.6) is 0 Å². The molecule has 4 bridgehead atoms. The molecule has 1 aromatic rings. The molecule has 1 N–H and O–H groups in total. The van der Waals surface area contributed by atoms with Gasteiger partial charge in [-0.25, -0.2) is 0 Å². The molecule has 3 aliphatic carbocycles. The van der Waals surface area contributed by atoms with Gasteiger partial charge in [0.1, 0.15) is 5.78 Å². The zero-order valence-electron chi connectivity index (χ0n) is 9.80. The van der Waals surface area contributed by atoms with Crippen molar-refractivity contribution in [1.29, 1.82) is 0 Å². The van der Waals surface area contributed by atoms with Crippen molar-refractivity contribution >= 4 is 5.78 Å². The number of nitrogens with one attached hydrogen (secondary N) is 1. The Balaban J connectivity index is 1.74. The van der Waals surface area contributed by atoms with E-state index in [2.05, 4.69) is 29.6 Å². The normalized spacial score (nSPS) is 43.1. The smallest absolute Gasteiger partial charge is 0.141 e. The first-order valence-corrected chi connectivity index (χ1v) is 6.69. The number of ketones is 1. The molecule has 3 saturated carbocycles. The Morgan fingerprint density at radius 3 is 2.76 bits per heavy atom. The molecule has 1 saturated heterocycles. The summed E-state index contributed by atoms with van der Waals surface area (Å²) in [5.41, 5.74) is 1.29. The average molecular weight is 227 g/mol. The van der Waals surface area contributed by atoms with Crippen LogP contribution in [0, 0.1) is 17.8 Å². The molecule has 4 fully saturated rings. The van der Waals surface area contributed by atoms with Gasteiger partial charge >= 0.3 is 0 Å². The second-order valence-electron chi connectivity index (χ2n) is 5.76. The lowest BCUT2D eigenvalue weighted by atomic mass is 9.62. The van der Waals surface area contributed by atoms with Gasteiger partial charge in [-0.15, -0.1) is 0 Å². The van der Waals surface area contributed by atoms with Crippen molar-refractivity contribution in [3.63, 3.8) is 0 Å². The lowest BCUT2D eigenvalue weighted by Crippen LogP contribution is -2.44. The van der Waals surface area contributed by atoms with E-state index in [1.807, 2.05) is 6.07 Å². The minimum absolute atomic E-state index is 0.259. The van der Waals surface area contributed by atoms with Gasteiger partial charge in [-0.05, 0) is 30.7 Å². The van der Waals surface area contributed by atoms with Gasteiger partial charge in [0.2, 0.25) is 0 Å². The summed E-state index contributed by atoms with van der Waals surface area (Å²) < 4.78 is 0. The van der Waals surface area contributed by atoms with E-state index in [0.29, 0.717) is 23.7 Å². The summed E-state index contributed by atoms with van der Waals surface area (Å²) >= 11 is 0. The third-order valence-corrected chi connectivity index (χ3v) is 5.01. The predicted molar refractivity (Wildman–Crippen MR) is 65.4 cm³/mol. The highest BCUT2D eigenvalue weighted by Gasteiger charge is 2.56. The first-order chi connectivity index (χ1) is 8.34. The average Bonchev–Trinajstić information content (AvgIpc) is 2.71. The highest BCUT2D eigenvalue weighted by atomic mass is 16.1. The van der Waals surface area contributed by atoms with E-state index in [-0.39, 0.29) is 12.0 Å². The van der Waals surface area contributed by atoms with E-state index in [0.717, 1.165) is 12.8 Å². The quantitative estimate of drug-likeness (QED) is 0.797. The minimum Gasteiger partial charge on any atom is -0.306 e. The summed E-state index contributed by atoms with van der Waals surface area (Å²) in [7, 11) is 0. The summed E-state index contributed by atoms with van der Waals surface area (Å²) in [6.45, 7) is 0. The molecule has 0 radical (unpaired) electrons. The van der Waals surface area contributed by atoms with Gasteiger partial charge in [-0.2, -0.15) is 0 Å².